The SMILES string of the molecule is CC1CCCCN1CCCCNC(=O)c1ccccc1[N+](=O)[O-]. The van der Waals surface area contributed by atoms with Crippen LogP contribution in [0.3, 0.4) is 0 Å². The van der Waals surface area contributed by atoms with Crippen LogP contribution in [0.4, 0.5) is 5.69 Å². The Morgan fingerprint density at radius 1 is 1.35 bits per heavy atom. The molecule has 0 bridgehead atoms. The van der Waals surface area contributed by atoms with Gasteiger partial charge in [0.15, 0.2) is 0 Å². The average molecular weight is 319 g/mol. The van der Waals surface area contributed by atoms with E-state index in [1.54, 1.807) is 12.1 Å². The van der Waals surface area contributed by atoms with E-state index in [2.05, 4.69) is 17.1 Å². The fraction of sp³-hybridized carbons (Fsp3) is 0.588. The van der Waals surface area contributed by atoms with E-state index in [0.717, 1.165) is 19.4 Å². The Labute approximate surface area is 137 Å². The van der Waals surface area contributed by atoms with Crippen LogP contribution in [-0.2, 0) is 0 Å². The van der Waals surface area contributed by atoms with Gasteiger partial charge in [-0.05, 0) is 51.8 Å². The van der Waals surface area contributed by atoms with E-state index in [1.807, 2.05) is 0 Å². The van der Waals surface area contributed by atoms with Crippen LogP contribution in [0.5, 0.6) is 0 Å². The molecule has 1 aliphatic heterocycles. The molecule has 1 heterocycles. The molecule has 1 aromatic carbocycles. The lowest BCUT2D eigenvalue weighted by molar-refractivity contribution is -0.385. The Bertz CT molecular complexity index is 548. The minimum Gasteiger partial charge on any atom is -0.352 e. The Morgan fingerprint density at radius 2 is 2.13 bits per heavy atom. The summed E-state index contributed by atoms with van der Waals surface area (Å²) < 4.78 is 0. The summed E-state index contributed by atoms with van der Waals surface area (Å²) in [6.07, 6.45) is 5.79. The van der Waals surface area contributed by atoms with Crippen molar-refractivity contribution in [3.63, 3.8) is 0 Å². The molecule has 0 aromatic heterocycles. The summed E-state index contributed by atoms with van der Waals surface area (Å²) in [6, 6.07) is 6.70. The van der Waals surface area contributed by atoms with E-state index in [-0.39, 0.29) is 17.2 Å². The molecule has 1 aliphatic rings. The number of unbranched alkanes of at least 4 members (excludes halogenated alkanes) is 1. The summed E-state index contributed by atoms with van der Waals surface area (Å²) in [7, 11) is 0. The number of carbonyl (C=O) groups is 1. The van der Waals surface area contributed by atoms with Gasteiger partial charge in [-0.1, -0.05) is 18.6 Å². The molecule has 126 valence electrons. The summed E-state index contributed by atoms with van der Waals surface area (Å²) in [4.78, 5) is 25.0. The van der Waals surface area contributed by atoms with Crippen molar-refractivity contribution in [3.8, 4) is 0 Å². The second-order valence-corrected chi connectivity index (χ2v) is 6.12. The van der Waals surface area contributed by atoms with Gasteiger partial charge < -0.3 is 10.2 Å². The highest BCUT2D eigenvalue weighted by Crippen LogP contribution is 2.18. The molecule has 1 saturated heterocycles. The van der Waals surface area contributed by atoms with Gasteiger partial charge in [0.05, 0.1) is 4.92 Å². The van der Waals surface area contributed by atoms with Crippen LogP contribution in [0.15, 0.2) is 24.3 Å². The van der Waals surface area contributed by atoms with Crippen molar-refractivity contribution in [2.45, 2.75) is 45.1 Å². The lowest BCUT2D eigenvalue weighted by Crippen LogP contribution is -2.38. The van der Waals surface area contributed by atoms with E-state index in [1.165, 1.54) is 37.9 Å². The van der Waals surface area contributed by atoms with Gasteiger partial charge in [-0.2, -0.15) is 0 Å². The van der Waals surface area contributed by atoms with E-state index in [4.69, 9.17) is 0 Å². The molecule has 1 N–H and O–H groups in total. The molecular formula is C17H25N3O3. The van der Waals surface area contributed by atoms with Crippen LogP contribution >= 0.6 is 0 Å². The van der Waals surface area contributed by atoms with Crippen LogP contribution in [0, 0.1) is 10.1 Å². The van der Waals surface area contributed by atoms with Gasteiger partial charge in [0, 0.05) is 18.7 Å². The maximum atomic E-state index is 12.1. The molecular weight excluding hydrogens is 294 g/mol. The van der Waals surface area contributed by atoms with Crippen molar-refractivity contribution in [1.29, 1.82) is 0 Å². The van der Waals surface area contributed by atoms with Crippen molar-refractivity contribution in [2.24, 2.45) is 0 Å². The highest BCUT2D eigenvalue weighted by molar-refractivity contribution is 5.98. The number of amides is 1. The molecule has 0 saturated carbocycles. The van der Waals surface area contributed by atoms with E-state index < -0.39 is 4.92 Å². The molecule has 1 amide bonds. The number of benzene rings is 1. The number of hydrogen-bond acceptors (Lipinski definition) is 4. The van der Waals surface area contributed by atoms with Crippen LogP contribution in [0.1, 0.15) is 49.4 Å². The molecule has 0 radical (unpaired) electrons. The number of nitro groups is 1. The summed E-state index contributed by atoms with van der Waals surface area (Å²) in [5, 5.41) is 13.7. The second kappa shape index (κ2) is 8.62. The summed E-state index contributed by atoms with van der Waals surface area (Å²) >= 11 is 0. The first kappa shape index (κ1) is 17.4. The maximum absolute atomic E-state index is 12.1. The molecule has 2 rings (SSSR count). The summed E-state index contributed by atoms with van der Waals surface area (Å²) in [5.74, 6) is -0.372. The predicted octanol–water partition coefficient (Wildman–Crippen LogP) is 2.98. The number of para-hydroxylation sites is 1. The van der Waals surface area contributed by atoms with Gasteiger partial charge in [0.1, 0.15) is 5.56 Å². The third kappa shape index (κ3) is 5.03. The molecule has 6 heteroatoms. The van der Waals surface area contributed by atoms with Gasteiger partial charge in [-0.25, -0.2) is 0 Å². The number of carbonyl (C=O) groups excluding carboxylic acids is 1. The number of piperidine rings is 1. The maximum Gasteiger partial charge on any atom is 0.282 e. The van der Waals surface area contributed by atoms with Crippen LogP contribution < -0.4 is 5.32 Å². The fourth-order valence-electron chi connectivity index (χ4n) is 3.05. The van der Waals surface area contributed by atoms with E-state index in [0.29, 0.717) is 12.6 Å². The molecule has 0 aliphatic carbocycles. The topological polar surface area (TPSA) is 75.5 Å². The Hall–Kier alpha value is -1.95. The zero-order valence-corrected chi connectivity index (χ0v) is 13.7. The number of likely N-dealkylation sites (tertiary alicyclic amines) is 1. The molecule has 1 unspecified atom stereocenters. The van der Waals surface area contributed by atoms with Crippen molar-refractivity contribution in [1.82, 2.24) is 10.2 Å². The quantitative estimate of drug-likeness (QED) is 0.476. The van der Waals surface area contributed by atoms with Crippen LogP contribution in [-0.4, -0.2) is 41.4 Å². The minimum atomic E-state index is -0.521. The first-order chi connectivity index (χ1) is 11.1. The molecule has 1 aromatic rings. The van der Waals surface area contributed by atoms with Gasteiger partial charge in [0.25, 0.3) is 11.6 Å². The Kier molecular flexibility index (Phi) is 6.52. The number of rotatable bonds is 7. The monoisotopic (exact) mass is 319 g/mol. The number of nitro benzene ring substituents is 1. The highest BCUT2D eigenvalue weighted by Gasteiger charge is 2.19. The lowest BCUT2D eigenvalue weighted by atomic mass is 10.0. The molecule has 6 nitrogen and oxygen atoms in total. The van der Waals surface area contributed by atoms with Crippen LogP contribution in [0.2, 0.25) is 0 Å². The predicted molar refractivity (Wildman–Crippen MR) is 89.5 cm³/mol. The number of nitrogens with zero attached hydrogens (tertiary/aromatic N) is 2. The third-order valence-corrected chi connectivity index (χ3v) is 4.44. The van der Waals surface area contributed by atoms with E-state index in [9.17, 15) is 14.9 Å². The number of hydrogen-bond donors (Lipinski definition) is 1. The zero-order chi connectivity index (χ0) is 16.7. The van der Waals surface area contributed by atoms with Crippen molar-refractivity contribution >= 4 is 11.6 Å². The Balaban J connectivity index is 1.72. The normalized spacial score (nSPS) is 18.6. The largest absolute Gasteiger partial charge is 0.352 e. The van der Waals surface area contributed by atoms with Crippen molar-refractivity contribution in [2.75, 3.05) is 19.6 Å². The second-order valence-electron chi connectivity index (χ2n) is 6.12. The first-order valence-corrected chi connectivity index (χ1v) is 8.35. The molecule has 1 atom stereocenters. The first-order valence-electron chi connectivity index (χ1n) is 8.35. The van der Waals surface area contributed by atoms with Gasteiger partial charge >= 0.3 is 0 Å². The smallest absolute Gasteiger partial charge is 0.282 e. The highest BCUT2D eigenvalue weighted by atomic mass is 16.6. The molecule has 0 spiro atoms. The lowest BCUT2D eigenvalue weighted by Gasteiger charge is -2.33. The Morgan fingerprint density at radius 3 is 2.87 bits per heavy atom. The summed E-state index contributed by atoms with van der Waals surface area (Å²) in [6.45, 7) is 5.05. The molecule has 23 heavy (non-hydrogen) atoms. The van der Waals surface area contributed by atoms with E-state index >= 15 is 0 Å². The summed E-state index contributed by atoms with van der Waals surface area (Å²) in [5.41, 5.74) is -0.0192. The average Bonchev–Trinajstić information content (AvgIpc) is 2.56. The van der Waals surface area contributed by atoms with Gasteiger partial charge in [0.2, 0.25) is 0 Å². The minimum absolute atomic E-state index is 0.127. The van der Waals surface area contributed by atoms with Gasteiger partial charge in [-0.3, -0.25) is 14.9 Å². The zero-order valence-electron chi connectivity index (χ0n) is 13.7. The van der Waals surface area contributed by atoms with Crippen LogP contribution in [0.25, 0.3) is 0 Å². The third-order valence-electron chi connectivity index (χ3n) is 4.44. The fourth-order valence-corrected chi connectivity index (χ4v) is 3.05. The molecule has 1 fully saturated rings. The van der Waals surface area contributed by atoms with Gasteiger partial charge in [-0.15, -0.1) is 0 Å². The number of nitrogens with one attached hydrogen (secondary N) is 1. The van der Waals surface area contributed by atoms with Crippen molar-refractivity contribution < 1.29 is 9.72 Å². The standard InChI is InChI=1S/C17H25N3O3/c1-14-8-4-6-12-19(14)13-7-5-11-18-17(21)15-9-2-3-10-16(15)20(22)23/h2-3,9-10,14H,4-8,11-13H2,1H3,(H,18,21). The van der Waals surface area contributed by atoms with Crippen molar-refractivity contribution in [3.05, 3.63) is 39.9 Å².